The van der Waals surface area contributed by atoms with E-state index in [-0.39, 0.29) is 5.91 Å². The summed E-state index contributed by atoms with van der Waals surface area (Å²) in [6, 6.07) is 0. The van der Waals surface area contributed by atoms with Gasteiger partial charge in [0.1, 0.15) is 0 Å². The van der Waals surface area contributed by atoms with E-state index in [0.717, 1.165) is 13.0 Å². The molecule has 0 aliphatic rings. The fourth-order valence-electron chi connectivity index (χ4n) is 3.79. The van der Waals surface area contributed by atoms with E-state index in [0.29, 0.717) is 13.1 Å². The number of amides is 1. The van der Waals surface area contributed by atoms with Crippen LogP contribution in [-0.4, -0.2) is 31.1 Å². The summed E-state index contributed by atoms with van der Waals surface area (Å²) >= 11 is 0. The standard InChI is InChI=1S/C26H54N2O/c1-4-6-7-8-9-10-11-12-13-14-15-16-17-18-19-20-21-22-23-24-26(29)27-25-28(3)5-2/h4-25H2,1-3H3,(H,27,29). The maximum Gasteiger partial charge on any atom is 0.220 e. The lowest BCUT2D eigenvalue weighted by Gasteiger charge is -2.14. The molecule has 3 nitrogen and oxygen atoms in total. The molecule has 0 saturated carbocycles. The van der Waals surface area contributed by atoms with Crippen molar-refractivity contribution in [2.45, 2.75) is 142 Å². The molecule has 0 unspecified atom stereocenters. The van der Waals surface area contributed by atoms with Crippen LogP contribution >= 0.6 is 0 Å². The predicted molar refractivity (Wildman–Crippen MR) is 129 cm³/mol. The summed E-state index contributed by atoms with van der Waals surface area (Å²) in [5.74, 6) is 0.206. The molecule has 0 rings (SSSR count). The molecule has 0 aromatic carbocycles. The predicted octanol–water partition coefficient (Wildman–Crippen LogP) is 7.83. The molecule has 0 spiro atoms. The van der Waals surface area contributed by atoms with Crippen molar-refractivity contribution < 1.29 is 4.79 Å². The second kappa shape index (κ2) is 23.7. The van der Waals surface area contributed by atoms with Gasteiger partial charge in [0, 0.05) is 6.42 Å². The minimum Gasteiger partial charge on any atom is -0.343 e. The van der Waals surface area contributed by atoms with Crippen molar-refractivity contribution in [3.05, 3.63) is 0 Å². The summed E-state index contributed by atoms with van der Waals surface area (Å²) < 4.78 is 0. The third-order valence-electron chi connectivity index (χ3n) is 6.09. The number of nitrogens with one attached hydrogen (secondary N) is 1. The van der Waals surface area contributed by atoms with Gasteiger partial charge in [0.2, 0.25) is 5.91 Å². The Morgan fingerprint density at radius 3 is 1.28 bits per heavy atom. The first-order valence-electron chi connectivity index (χ1n) is 13.2. The molecule has 0 saturated heterocycles. The summed E-state index contributed by atoms with van der Waals surface area (Å²) in [5.41, 5.74) is 0. The van der Waals surface area contributed by atoms with Gasteiger partial charge in [-0.15, -0.1) is 0 Å². The molecule has 0 aliphatic carbocycles. The second-order valence-electron chi connectivity index (χ2n) is 9.04. The van der Waals surface area contributed by atoms with Crippen LogP contribution in [0.1, 0.15) is 142 Å². The molecule has 0 heterocycles. The van der Waals surface area contributed by atoms with Crippen molar-refractivity contribution in [3.8, 4) is 0 Å². The Morgan fingerprint density at radius 1 is 0.586 bits per heavy atom. The average Bonchev–Trinajstić information content (AvgIpc) is 2.73. The highest BCUT2D eigenvalue weighted by Gasteiger charge is 2.02. The fourth-order valence-corrected chi connectivity index (χ4v) is 3.79. The third-order valence-corrected chi connectivity index (χ3v) is 6.09. The smallest absolute Gasteiger partial charge is 0.220 e. The van der Waals surface area contributed by atoms with E-state index < -0.39 is 0 Å². The lowest BCUT2D eigenvalue weighted by atomic mass is 10.0. The van der Waals surface area contributed by atoms with E-state index in [4.69, 9.17) is 0 Å². The zero-order valence-corrected chi connectivity index (χ0v) is 20.4. The first-order valence-corrected chi connectivity index (χ1v) is 13.2. The molecule has 174 valence electrons. The van der Waals surface area contributed by atoms with Crippen LogP contribution in [0.25, 0.3) is 0 Å². The van der Waals surface area contributed by atoms with Crippen molar-refractivity contribution in [2.75, 3.05) is 20.3 Å². The molecule has 1 amide bonds. The number of carbonyl (C=O) groups excluding carboxylic acids is 1. The lowest BCUT2D eigenvalue weighted by molar-refractivity contribution is -0.121. The highest BCUT2D eigenvalue weighted by Crippen LogP contribution is 2.14. The Bertz CT molecular complexity index is 333. The van der Waals surface area contributed by atoms with E-state index >= 15 is 0 Å². The van der Waals surface area contributed by atoms with Gasteiger partial charge in [-0.25, -0.2) is 0 Å². The molecule has 3 heteroatoms. The van der Waals surface area contributed by atoms with Gasteiger partial charge in [0.15, 0.2) is 0 Å². The summed E-state index contributed by atoms with van der Waals surface area (Å²) in [4.78, 5) is 13.8. The van der Waals surface area contributed by atoms with Gasteiger partial charge in [-0.2, -0.15) is 0 Å². The van der Waals surface area contributed by atoms with E-state index in [1.54, 1.807) is 0 Å². The average molecular weight is 411 g/mol. The molecule has 29 heavy (non-hydrogen) atoms. The zero-order chi connectivity index (χ0) is 21.4. The van der Waals surface area contributed by atoms with Gasteiger partial charge in [0.05, 0.1) is 6.67 Å². The zero-order valence-electron chi connectivity index (χ0n) is 20.4. The molecular weight excluding hydrogens is 356 g/mol. The Kier molecular flexibility index (Phi) is 23.2. The van der Waals surface area contributed by atoms with Gasteiger partial charge in [0.25, 0.3) is 0 Å². The minimum atomic E-state index is 0.206. The van der Waals surface area contributed by atoms with Crippen LogP contribution in [-0.2, 0) is 4.79 Å². The quantitative estimate of drug-likeness (QED) is 0.137. The minimum absolute atomic E-state index is 0.206. The SMILES string of the molecule is CCCCCCCCCCCCCCCCCCCCCC(=O)NCN(C)CC. The monoisotopic (exact) mass is 410 g/mol. The van der Waals surface area contributed by atoms with E-state index in [2.05, 4.69) is 24.1 Å². The van der Waals surface area contributed by atoms with Crippen molar-refractivity contribution in [1.29, 1.82) is 0 Å². The molecule has 0 fully saturated rings. The number of hydrogen-bond donors (Lipinski definition) is 1. The van der Waals surface area contributed by atoms with Gasteiger partial charge < -0.3 is 5.32 Å². The topological polar surface area (TPSA) is 32.3 Å². The highest BCUT2D eigenvalue weighted by atomic mass is 16.1. The van der Waals surface area contributed by atoms with Crippen LogP contribution in [0.2, 0.25) is 0 Å². The molecule has 0 atom stereocenters. The first-order chi connectivity index (χ1) is 14.2. The number of rotatable bonds is 23. The Labute approximate surface area is 183 Å². The van der Waals surface area contributed by atoms with Gasteiger partial charge in [-0.05, 0) is 20.0 Å². The van der Waals surface area contributed by atoms with Gasteiger partial charge in [-0.1, -0.05) is 129 Å². The summed E-state index contributed by atoms with van der Waals surface area (Å²) in [7, 11) is 2.03. The van der Waals surface area contributed by atoms with Gasteiger partial charge in [-0.3, -0.25) is 9.69 Å². The summed E-state index contributed by atoms with van der Waals surface area (Å²) in [6.45, 7) is 6.04. The molecule has 0 aliphatic heterocycles. The molecule has 0 radical (unpaired) electrons. The second-order valence-corrected chi connectivity index (χ2v) is 9.04. The van der Waals surface area contributed by atoms with Gasteiger partial charge >= 0.3 is 0 Å². The third kappa shape index (κ3) is 23.6. The molecule has 0 aromatic rings. The number of hydrogen-bond acceptors (Lipinski definition) is 2. The maximum atomic E-state index is 11.7. The molecule has 0 bridgehead atoms. The summed E-state index contributed by atoms with van der Waals surface area (Å²) in [6.07, 6.45) is 27.1. The Morgan fingerprint density at radius 2 is 0.931 bits per heavy atom. The number of unbranched alkanes of at least 4 members (excludes halogenated alkanes) is 18. The first kappa shape index (κ1) is 28.4. The fraction of sp³-hybridized carbons (Fsp3) is 0.962. The van der Waals surface area contributed by atoms with Crippen molar-refractivity contribution >= 4 is 5.91 Å². The van der Waals surface area contributed by atoms with Crippen LogP contribution in [0.4, 0.5) is 0 Å². The number of carbonyl (C=O) groups is 1. The highest BCUT2D eigenvalue weighted by molar-refractivity contribution is 5.75. The lowest BCUT2D eigenvalue weighted by Crippen LogP contribution is -2.34. The Balaban J connectivity index is 3.11. The molecule has 0 aromatic heterocycles. The maximum absolute atomic E-state index is 11.7. The number of nitrogens with zero attached hydrogens (tertiary/aromatic N) is 1. The largest absolute Gasteiger partial charge is 0.343 e. The van der Waals surface area contributed by atoms with Crippen molar-refractivity contribution in [1.82, 2.24) is 10.2 Å². The van der Waals surface area contributed by atoms with E-state index in [9.17, 15) is 4.79 Å². The molecule has 1 N–H and O–H groups in total. The van der Waals surface area contributed by atoms with Crippen LogP contribution in [0.5, 0.6) is 0 Å². The van der Waals surface area contributed by atoms with Crippen LogP contribution in [0.15, 0.2) is 0 Å². The molecular formula is C26H54N2O. The van der Waals surface area contributed by atoms with Crippen molar-refractivity contribution in [2.24, 2.45) is 0 Å². The van der Waals surface area contributed by atoms with E-state index in [1.807, 2.05) is 7.05 Å². The van der Waals surface area contributed by atoms with Crippen molar-refractivity contribution in [3.63, 3.8) is 0 Å². The Hall–Kier alpha value is -0.570. The van der Waals surface area contributed by atoms with E-state index in [1.165, 1.54) is 116 Å². The normalized spacial score (nSPS) is 11.3. The van der Waals surface area contributed by atoms with Crippen LogP contribution in [0.3, 0.4) is 0 Å². The van der Waals surface area contributed by atoms with Crippen LogP contribution in [0, 0.1) is 0 Å². The van der Waals surface area contributed by atoms with Crippen LogP contribution < -0.4 is 5.32 Å². The summed E-state index contributed by atoms with van der Waals surface area (Å²) in [5, 5.41) is 2.98.